The third kappa shape index (κ3) is 5.63. The Kier molecular flexibility index (Phi) is 6.19. The lowest BCUT2D eigenvalue weighted by atomic mass is 10.2. The molecule has 0 N–H and O–H groups in total. The van der Waals surface area contributed by atoms with Crippen molar-refractivity contribution in [2.45, 2.75) is 0 Å². The minimum atomic E-state index is 0.230. The van der Waals surface area contributed by atoms with E-state index in [1.54, 1.807) is 0 Å². The Labute approximate surface area is 168 Å². The fraction of sp³-hybridized carbons (Fsp3) is 0. The summed E-state index contributed by atoms with van der Waals surface area (Å²) in [5, 5.41) is 0.230. The van der Waals surface area contributed by atoms with Crippen LogP contribution in [0.25, 0.3) is 24.3 Å². The highest BCUT2D eigenvalue weighted by Gasteiger charge is 1.99. The molecule has 1 heterocycles. The first-order chi connectivity index (χ1) is 12.1. The van der Waals surface area contributed by atoms with Crippen molar-refractivity contribution in [3.8, 4) is 0 Å². The summed E-state index contributed by atoms with van der Waals surface area (Å²) in [6.45, 7) is 0. The van der Waals surface area contributed by atoms with E-state index in [1.807, 2.05) is 78.9 Å². The molecule has 124 valence electrons. The molecule has 25 heavy (non-hydrogen) atoms. The van der Waals surface area contributed by atoms with Crippen LogP contribution in [0.4, 0.5) is 0 Å². The summed E-state index contributed by atoms with van der Waals surface area (Å²) in [7, 11) is 0. The summed E-state index contributed by atoms with van der Waals surface area (Å²) in [4.78, 5) is 8.50. The Morgan fingerprint density at radius 1 is 0.640 bits per heavy atom. The topological polar surface area (TPSA) is 25.8 Å². The van der Waals surface area contributed by atoms with Crippen LogP contribution in [-0.2, 0) is 0 Å². The average Bonchev–Trinajstić information content (AvgIpc) is 2.60. The van der Waals surface area contributed by atoms with Crippen molar-refractivity contribution in [1.82, 2.24) is 9.97 Å². The largest absolute Gasteiger partial charge is 0.223 e. The molecule has 3 aromatic rings. The predicted octanol–water partition coefficient (Wildman–Crippen LogP) is 7.00. The standard InChI is InChI=1S/C20H13Br2ClN2/c21-16-7-1-14(2-8-16)5-11-18-13-19(25-20(23)24-18)12-6-15-3-9-17(22)10-4-15/h1-13H/b11-5+,12-6+. The van der Waals surface area contributed by atoms with Gasteiger partial charge in [0.2, 0.25) is 5.28 Å². The first-order valence-corrected chi connectivity index (χ1v) is 9.47. The van der Waals surface area contributed by atoms with Gasteiger partial charge in [0.05, 0.1) is 11.4 Å². The Bertz CT molecular complexity index is 844. The summed E-state index contributed by atoms with van der Waals surface area (Å²) in [5.41, 5.74) is 3.70. The van der Waals surface area contributed by atoms with Crippen LogP contribution in [0.15, 0.2) is 63.5 Å². The van der Waals surface area contributed by atoms with E-state index >= 15 is 0 Å². The molecule has 0 aliphatic carbocycles. The third-order valence-corrected chi connectivity index (χ3v) is 4.60. The number of hydrogen-bond acceptors (Lipinski definition) is 2. The number of hydrogen-bond donors (Lipinski definition) is 0. The van der Waals surface area contributed by atoms with Crippen LogP contribution in [0.2, 0.25) is 5.28 Å². The van der Waals surface area contributed by atoms with E-state index in [0.29, 0.717) is 0 Å². The van der Waals surface area contributed by atoms with Gasteiger partial charge in [-0.05, 0) is 65.2 Å². The quantitative estimate of drug-likeness (QED) is 0.379. The molecule has 5 heteroatoms. The third-order valence-electron chi connectivity index (χ3n) is 3.37. The molecule has 0 aliphatic heterocycles. The zero-order valence-corrected chi connectivity index (χ0v) is 17.0. The van der Waals surface area contributed by atoms with E-state index in [2.05, 4.69) is 41.8 Å². The van der Waals surface area contributed by atoms with E-state index in [4.69, 9.17) is 11.6 Å². The minimum absolute atomic E-state index is 0.230. The van der Waals surface area contributed by atoms with Crippen molar-refractivity contribution in [1.29, 1.82) is 0 Å². The number of halogens is 3. The number of nitrogens with zero attached hydrogens (tertiary/aromatic N) is 2. The maximum absolute atomic E-state index is 6.05. The summed E-state index contributed by atoms with van der Waals surface area (Å²) in [6, 6.07) is 18.0. The molecule has 0 saturated heterocycles. The highest BCUT2D eigenvalue weighted by atomic mass is 79.9. The Hall–Kier alpha value is -1.75. The molecule has 0 fully saturated rings. The summed E-state index contributed by atoms with van der Waals surface area (Å²) < 4.78 is 2.10. The molecule has 2 nitrogen and oxygen atoms in total. The second-order valence-electron chi connectivity index (χ2n) is 5.26. The second-order valence-corrected chi connectivity index (χ2v) is 7.43. The van der Waals surface area contributed by atoms with Crippen LogP contribution >= 0.6 is 43.5 Å². The lowest BCUT2D eigenvalue weighted by molar-refractivity contribution is 1.14. The monoisotopic (exact) mass is 474 g/mol. The Balaban J connectivity index is 1.80. The molecule has 1 aromatic heterocycles. The molecule has 0 spiro atoms. The average molecular weight is 477 g/mol. The highest BCUT2D eigenvalue weighted by Crippen LogP contribution is 2.16. The van der Waals surface area contributed by atoms with Gasteiger partial charge in [-0.25, -0.2) is 9.97 Å². The van der Waals surface area contributed by atoms with Gasteiger partial charge in [0.15, 0.2) is 0 Å². The zero-order chi connectivity index (χ0) is 17.6. The molecule has 0 radical (unpaired) electrons. The molecule has 0 bridgehead atoms. The Morgan fingerprint density at radius 2 is 1.04 bits per heavy atom. The first kappa shape index (κ1) is 18.1. The van der Waals surface area contributed by atoms with Crippen molar-refractivity contribution in [3.63, 3.8) is 0 Å². The second kappa shape index (κ2) is 8.56. The molecule has 0 aliphatic rings. The van der Waals surface area contributed by atoms with Gasteiger partial charge >= 0.3 is 0 Å². The fourth-order valence-electron chi connectivity index (χ4n) is 2.14. The highest BCUT2D eigenvalue weighted by molar-refractivity contribution is 9.10. The maximum atomic E-state index is 6.05. The van der Waals surface area contributed by atoms with Crippen LogP contribution in [0.3, 0.4) is 0 Å². The Morgan fingerprint density at radius 3 is 1.44 bits per heavy atom. The van der Waals surface area contributed by atoms with E-state index in [9.17, 15) is 0 Å². The fourth-order valence-corrected chi connectivity index (χ4v) is 2.86. The van der Waals surface area contributed by atoms with Gasteiger partial charge in [0.1, 0.15) is 0 Å². The first-order valence-electron chi connectivity index (χ1n) is 7.50. The molecular weight excluding hydrogens is 463 g/mol. The summed E-state index contributed by atoms with van der Waals surface area (Å²) >= 11 is 12.9. The number of aromatic nitrogens is 2. The van der Waals surface area contributed by atoms with Gasteiger partial charge in [0.25, 0.3) is 0 Å². The molecule has 0 atom stereocenters. The number of rotatable bonds is 4. The normalized spacial score (nSPS) is 11.5. The van der Waals surface area contributed by atoms with Crippen LogP contribution in [-0.4, -0.2) is 9.97 Å². The maximum Gasteiger partial charge on any atom is 0.223 e. The van der Waals surface area contributed by atoms with Crippen LogP contribution in [0, 0.1) is 0 Å². The van der Waals surface area contributed by atoms with E-state index in [0.717, 1.165) is 31.5 Å². The summed E-state index contributed by atoms with van der Waals surface area (Å²) in [6.07, 6.45) is 7.84. The molecule has 0 saturated carbocycles. The van der Waals surface area contributed by atoms with Crippen LogP contribution < -0.4 is 0 Å². The van der Waals surface area contributed by atoms with Crippen LogP contribution in [0.5, 0.6) is 0 Å². The van der Waals surface area contributed by atoms with E-state index < -0.39 is 0 Å². The van der Waals surface area contributed by atoms with Crippen molar-refractivity contribution >= 4 is 67.8 Å². The molecule has 3 rings (SSSR count). The molecule has 0 unspecified atom stereocenters. The predicted molar refractivity (Wildman–Crippen MR) is 113 cm³/mol. The smallest absolute Gasteiger partial charge is 0.218 e. The zero-order valence-electron chi connectivity index (χ0n) is 13.0. The molecular formula is C20H13Br2ClN2. The lowest BCUT2D eigenvalue weighted by Gasteiger charge is -1.99. The molecule has 0 amide bonds. The van der Waals surface area contributed by atoms with Gasteiger partial charge in [0, 0.05) is 8.95 Å². The van der Waals surface area contributed by atoms with Crippen molar-refractivity contribution in [2.75, 3.05) is 0 Å². The van der Waals surface area contributed by atoms with Gasteiger partial charge in [-0.3, -0.25) is 0 Å². The van der Waals surface area contributed by atoms with Gasteiger partial charge in [-0.15, -0.1) is 0 Å². The van der Waals surface area contributed by atoms with Gasteiger partial charge in [-0.1, -0.05) is 68.3 Å². The van der Waals surface area contributed by atoms with Gasteiger partial charge in [-0.2, -0.15) is 0 Å². The van der Waals surface area contributed by atoms with Crippen molar-refractivity contribution in [3.05, 3.63) is 91.3 Å². The van der Waals surface area contributed by atoms with Crippen molar-refractivity contribution < 1.29 is 0 Å². The van der Waals surface area contributed by atoms with E-state index in [-0.39, 0.29) is 5.28 Å². The number of benzene rings is 2. The lowest BCUT2D eigenvalue weighted by Crippen LogP contribution is -1.89. The van der Waals surface area contributed by atoms with E-state index in [1.165, 1.54) is 0 Å². The van der Waals surface area contributed by atoms with Crippen molar-refractivity contribution in [2.24, 2.45) is 0 Å². The molecule has 2 aromatic carbocycles. The minimum Gasteiger partial charge on any atom is -0.218 e. The summed E-state index contributed by atoms with van der Waals surface area (Å²) in [5.74, 6) is 0. The van der Waals surface area contributed by atoms with Gasteiger partial charge < -0.3 is 0 Å². The SMILES string of the molecule is Clc1nc(/C=C/c2ccc(Br)cc2)cc(/C=C/c2ccc(Br)cc2)n1. The van der Waals surface area contributed by atoms with Crippen LogP contribution in [0.1, 0.15) is 22.5 Å².